The summed E-state index contributed by atoms with van der Waals surface area (Å²) in [5, 5.41) is 3.62. The fourth-order valence-electron chi connectivity index (χ4n) is 3.45. The van der Waals surface area contributed by atoms with Crippen molar-refractivity contribution in [2.75, 3.05) is 10.8 Å². The Balaban J connectivity index is 1.83. The molecule has 0 radical (unpaired) electrons. The summed E-state index contributed by atoms with van der Waals surface area (Å²) in [6.07, 6.45) is 0.559. The summed E-state index contributed by atoms with van der Waals surface area (Å²) in [6, 6.07) is 7.04. The van der Waals surface area contributed by atoms with Gasteiger partial charge in [0, 0.05) is 17.1 Å². The van der Waals surface area contributed by atoms with Crippen LogP contribution in [0.25, 0.3) is 10.9 Å². The van der Waals surface area contributed by atoms with Gasteiger partial charge in [-0.05, 0) is 35.9 Å². The molecule has 2 heterocycles. The number of hydrogen-bond donors (Lipinski definition) is 1. The first-order valence-corrected chi connectivity index (χ1v) is 10.2. The van der Waals surface area contributed by atoms with Gasteiger partial charge >= 0.3 is 0 Å². The van der Waals surface area contributed by atoms with E-state index in [9.17, 15) is 22.8 Å². The van der Waals surface area contributed by atoms with E-state index in [4.69, 9.17) is 28.0 Å². The Hall–Kier alpha value is -3.04. The van der Waals surface area contributed by atoms with E-state index in [0.29, 0.717) is 0 Å². The van der Waals surface area contributed by atoms with Crippen LogP contribution in [0.2, 0.25) is 5.02 Å². The number of pyridine rings is 1. The predicted molar refractivity (Wildman–Crippen MR) is 115 cm³/mol. The monoisotopic (exact) mass is 483 g/mol. The smallest absolute Gasteiger partial charge is 0.248 e. The van der Waals surface area contributed by atoms with Gasteiger partial charge in [-0.25, -0.2) is 13.2 Å². The lowest BCUT2D eigenvalue weighted by Crippen LogP contribution is -2.41. The van der Waals surface area contributed by atoms with Crippen molar-refractivity contribution in [1.82, 2.24) is 4.98 Å². The first-order chi connectivity index (χ1) is 15.3. The summed E-state index contributed by atoms with van der Waals surface area (Å²) in [7, 11) is 0. The lowest BCUT2D eigenvalue weighted by Gasteiger charge is -2.27. The van der Waals surface area contributed by atoms with E-state index >= 15 is 0 Å². The molecule has 3 aromatic rings. The first-order valence-electron chi connectivity index (χ1n) is 9.31. The van der Waals surface area contributed by atoms with Crippen LogP contribution in [-0.4, -0.2) is 29.1 Å². The summed E-state index contributed by atoms with van der Waals surface area (Å²) in [5.74, 6) is -4.44. The van der Waals surface area contributed by atoms with Crippen molar-refractivity contribution in [3.05, 3.63) is 74.8 Å². The van der Waals surface area contributed by atoms with Gasteiger partial charge in [0.1, 0.15) is 11.7 Å². The molecule has 4 rings (SSSR count). The zero-order valence-corrected chi connectivity index (χ0v) is 17.6. The maximum absolute atomic E-state index is 14.3. The minimum absolute atomic E-state index is 0.0210. The average molecular weight is 484 g/mol. The van der Waals surface area contributed by atoms with Crippen LogP contribution in [0, 0.1) is 23.4 Å². The molecule has 2 atom stereocenters. The Kier molecular flexibility index (Phi) is 6.12. The molecule has 1 aliphatic heterocycles. The number of nitrogens with one attached hydrogen (secondary N) is 1. The van der Waals surface area contributed by atoms with E-state index in [2.05, 4.69) is 10.1 Å². The zero-order valence-electron chi connectivity index (χ0n) is 16.1. The van der Waals surface area contributed by atoms with Gasteiger partial charge in [-0.3, -0.25) is 9.59 Å². The second-order valence-corrected chi connectivity index (χ2v) is 7.76. The Morgan fingerprint density at radius 1 is 1.16 bits per heavy atom. The highest BCUT2D eigenvalue weighted by Gasteiger charge is 2.36. The lowest BCUT2D eigenvalue weighted by atomic mass is 10.0. The van der Waals surface area contributed by atoms with Crippen molar-refractivity contribution in [3.8, 4) is 0 Å². The standard InChI is InChI=1S/C21H14Cl2F3N3O3/c22-7-17-13(8-27-32-17)21(31)29(11-1-3-15(24)14(23)6-11)9-10-5-18(30)28-20-12(10)2-4-16(25)19(20)26/h1-6,8,13,17H,7,9H2,(H,28,30). The minimum atomic E-state index is -1.22. The molecule has 0 fully saturated rings. The number of anilines is 1. The van der Waals surface area contributed by atoms with Gasteiger partial charge in [0.05, 0.1) is 29.2 Å². The fraction of sp³-hybridized carbons (Fsp3) is 0.190. The van der Waals surface area contributed by atoms with Crippen molar-refractivity contribution in [2.45, 2.75) is 12.6 Å². The molecule has 2 unspecified atom stereocenters. The molecule has 0 aliphatic carbocycles. The van der Waals surface area contributed by atoms with Crippen LogP contribution in [0.15, 0.2) is 46.3 Å². The zero-order chi connectivity index (χ0) is 23.0. The number of alkyl halides is 1. The van der Waals surface area contributed by atoms with Crippen LogP contribution < -0.4 is 10.5 Å². The number of nitrogens with zero attached hydrogens (tertiary/aromatic N) is 2. The van der Waals surface area contributed by atoms with Crippen LogP contribution in [0.4, 0.5) is 18.9 Å². The summed E-state index contributed by atoms with van der Waals surface area (Å²) >= 11 is 11.8. The number of H-pyrrole nitrogens is 1. The third-order valence-corrected chi connectivity index (χ3v) is 5.65. The Bertz CT molecular complexity index is 1300. The fourth-order valence-corrected chi connectivity index (χ4v) is 3.88. The number of fused-ring (bicyclic) bond motifs is 1. The molecule has 1 amide bonds. The number of hydrogen-bond acceptors (Lipinski definition) is 4. The molecule has 0 saturated carbocycles. The minimum Gasteiger partial charge on any atom is -0.390 e. The molecule has 2 aromatic carbocycles. The normalized spacial score (nSPS) is 17.5. The topological polar surface area (TPSA) is 74.8 Å². The van der Waals surface area contributed by atoms with Crippen molar-refractivity contribution < 1.29 is 22.8 Å². The quantitative estimate of drug-likeness (QED) is 0.547. The largest absolute Gasteiger partial charge is 0.390 e. The van der Waals surface area contributed by atoms with Crippen molar-refractivity contribution >= 4 is 51.9 Å². The molecule has 0 spiro atoms. The number of oxime groups is 1. The Labute approximate surface area is 189 Å². The highest BCUT2D eigenvalue weighted by molar-refractivity contribution is 6.31. The summed E-state index contributed by atoms with van der Waals surface area (Å²) in [6.45, 7) is -0.231. The lowest BCUT2D eigenvalue weighted by molar-refractivity contribution is -0.122. The summed E-state index contributed by atoms with van der Waals surface area (Å²) in [5.41, 5.74) is -0.576. The van der Waals surface area contributed by atoms with Crippen LogP contribution in [0.3, 0.4) is 0 Å². The van der Waals surface area contributed by atoms with Crippen molar-refractivity contribution in [3.63, 3.8) is 0 Å². The molecule has 166 valence electrons. The maximum Gasteiger partial charge on any atom is 0.248 e. The van der Waals surface area contributed by atoms with E-state index in [-0.39, 0.29) is 39.6 Å². The van der Waals surface area contributed by atoms with Gasteiger partial charge in [0.25, 0.3) is 0 Å². The van der Waals surface area contributed by atoms with Gasteiger partial charge in [0.2, 0.25) is 11.5 Å². The molecule has 6 nitrogen and oxygen atoms in total. The molecule has 1 aliphatic rings. The number of amides is 1. The van der Waals surface area contributed by atoms with Gasteiger partial charge in [-0.1, -0.05) is 16.8 Å². The van der Waals surface area contributed by atoms with E-state index in [0.717, 1.165) is 12.1 Å². The highest BCUT2D eigenvalue weighted by atomic mass is 35.5. The predicted octanol–water partition coefficient (Wildman–Crippen LogP) is 4.37. The van der Waals surface area contributed by atoms with Gasteiger partial charge in [0.15, 0.2) is 17.7 Å². The van der Waals surface area contributed by atoms with E-state index in [1.54, 1.807) is 0 Å². The Morgan fingerprint density at radius 2 is 1.91 bits per heavy atom. The van der Waals surface area contributed by atoms with E-state index in [1.807, 2.05) is 0 Å². The number of carbonyl (C=O) groups excluding carboxylic acids is 1. The number of aromatic amines is 1. The number of rotatable bonds is 5. The van der Waals surface area contributed by atoms with Crippen LogP contribution in [0.5, 0.6) is 0 Å². The number of carbonyl (C=O) groups is 1. The Morgan fingerprint density at radius 3 is 2.62 bits per heavy atom. The van der Waals surface area contributed by atoms with E-state index in [1.165, 1.54) is 35.4 Å². The summed E-state index contributed by atoms with van der Waals surface area (Å²) in [4.78, 5) is 34.1. The molecule has 1 aromatic heterocycles. The van der Waals surface area contributed by atoms with Crippen LogP contribution in [0.1, 0.15) is 5.56 Å². The molecular formula is C21H14Cl2F3N3O3. The first kappa shape index (κ1) is 22.2. The van der Waals surface area contributed by atoms with Crippen LogP contribution >= 0.6 is 23.2 Å². The SMILES string of the molecule is O=C(C1C=NOC1CCl)N(Cc1cc(=O)[nH]c2c(F)c(F)ccc12)c1ccc(F)c(Cl)c1. The second-order valence-electron chi connectivity index (χ2n) is 7.04. The highest BCUT2D eigenvalue weighted by Crippen LogP contribution is 2.29. The summed E-state index contributed by atoms with van der Waals surface area (Å²) < 4.78 is 41.7. The third-order valence-electron chi connectivity index (χ3n) is 5.06. The molecule has 0 saturated heterocycles. The number of benzene rings is 2. The molecule has 32 heavy (non-hydrogen) atoms. The number of aromatic nitrogens is 1. The molecule has 11 heteroatoms. The van der Waals surface area contributed by atoms with Gasteiger partial charge in [-0.2, -0.15) is 0 Å². The van der Waals surface area contributed by atoms with Crippen molar-refractivity contribution in [2.24, 2.45) is 11.1 Å². The van der Waals surface area contributed by atoms with Gasteiger partial charge < -0.3 is 14.7 Å². The number of halogens is 5. The second kappa shape index (κ2) is 8.84. The third kappa shape index (κ3) is 4.05. The van der Waals surface area contributed by atoms with Crippen LogP contribution in [-0.2, 0) is 16.2 Å². The molecule has 0 bridgehead atoms. The molecule has 1 N–H and O–H groups in total. The van der Waals surface area contributed by atoms with E-state index < -0.39 is 40.9 Å². The van der Waals surface area contributed by atoms with Gasteiger partial charge in [-0.15, -0.1) is 11.6 Å². The molecular weight excluding hydrogens is 470 g/mol. The average Bonchev–Trinajstić information content (AvgIpc) is 3.25. The maximum atomic E-state index is 14.3. The van der Waals surface area contributed by atoms with Crippen molar-refractivity contribution in [1.29, 1.82) is 0 Å².